The summed E-state index contributed by atoms with van der Waals surface area (Å²) in [7, 11) is 0. The van der Waals surface area contributed by atoms with Crippen LogP contribution in [0.5, 0.6) is 0 Å². The predicted molar refractivity (Wildman–Crippen MR) is 83.1 cm³/mol. The summed E-state index contributed by atoms with van der Waals surface area (Å²) in [5.74, 6) is -0.868. The monoisotopic (exact) mass is 366 g/mol. The van der Waals surface area contributed by atoms with Crippen molar-refractivity contribution in [3.8, 4) is 0 Å². The van der Waals surface area contributed by atoms with Gasteiger partial charge in [0.1, 0.15) is 5.82 Å². The molecule has 0 aromatic heterocycles. The number of hydrogen-bond donors (Lipinski definition) is 1. The smallest absolute Gasteiger partial charge is 0.273 e. The minimum atomic E-state index is -0.532. The molecular weight excluding hydrogens is 355 g/mol. The summed E-state index contributed by atoms with van der Waals surface area (Å²) in [6.45, 7) is 1.72. The molecule has 2 aromatic rings. The highest BCUT2D eigenvalue weighted by atomic mass is 79.9. The van der Waals surface area contributed by atoms with Gasteiger partial charge in [-0.1, -0.05) is 22.0 Å². The molecule has 0 radical (unpaired) electrons. The Balaban J connectivity index is 2.12. The Morgan fingerprint density at radius 3 is 2.68 bits per heavy atom. The lowest BCUT2D eigenvalue weighted by molar-refractivity contribution is -0.385. The van der Waals surface area contributed by atoms with Gasteiger partial charge in [0.15, 0.2) is 0 Å². The molecule has 1 amide bonds. The van der Waals surface area contributed by atoms with Crippen molar-refractivity contribution in [2.75, 3.05) is 0 Å². The summed E-state index contributed by atoms with van der Waals surface area (Å²) in [6.07, 6.45) is 0. The molecule has 0 fully saturated rings. The number of halogens is 2. The van der Waals surface area contributed by atoms with Crippen LogP contribution in [0.25, 0.3) is 0 Å². The minimum absolute atomic E-state index is 0.110. The van der Waals surface area contributed by atoms with E-state index in [1.54, 1.807) is 13.0 Å². The summed E-state index contributed by atoms with van der Waals surface area (Å²) in [5, 5.41) is 13.5. The summed E-state index contributed by atoms with van der Waals surface area (Å²) in [5.41, 5.74) is 1.14. The van der Waals surface area contributed by atoms with Crippen LogP contribution in [0.3, 0.4) is 0 Å². The van der Waals surface area contributed by atoms with Crippen LogP contribution in [-0.2, 0) is 6.54 Å². The van der Waals surface area contributed by atoms with Crippen LogP contribution in [0.15, 0.2) is 40.9 Å². The molecule has 114 valence electrons. The van der Waals surface area contributed by atoms with Crippen molar-refractivity contribution in [2.45, 2.75) is 13.5 Å². The van der Waals surface area contributed by atoms with Crippen molar-refractivity contribution in [3.63, 3.8) is 0 Å². The lowest BCUT2D eigenvalue weighted by atomic mass is 10.1. The Morgan fingerprint density at radius 1 is 1.32 bits per heavy atom. The Labute approximate surface area is 134 Å². The van der Waals surface area contributed by atoms with Crippen LogP contribution >= 0.6 is 15.9 Å². The van der Waals surface area contributed by atoms with Gasteiger partial charge in [-0.3, -0.25) is 14.9 Å². The molecule has 2 rings (SSSR count). The molecular formula is C15H12BrFN2O3. The second kappa shape index (κ2) is 6.65. The number of nitrogens with one attached hydrogen (secondary N) is 1. The number of benzene rings is 2. The molecule has 0 heterocycles. The molecule has 22 heavy (non-hydrogen) atoms. The van der Waals surface area contributed by atoms with Crippen LogP contribution in [0.4, 0.5) is 10.1 Å². The standard InChI is InChI=1S/C15H12BrFN2O3/c1-9-2-3-11(6-14(9)19(21)22)15(20)18-8-10-4-12(16)7-13(17)5-10/h2-7H,8H2,1H3,(H,18,20). The molecule has 0 aliphatic heterocycles. The number of nitrogens with zero attached hydrogens (tertiary/aromatic N) is 1. The molecule has 2 aromatic carbocycles. The molecule has 0 bridgehead atoms. The lowest BCUT2D eigenvalue weighted by Gasteiger charge is -2.07. The molecule has 0 aliphatic rings. The fraction of sp³-hybridized carbons (Fsp3) is 0.133. The van der Waals surface area contributed by atoms with Gasteiger partial charge >= 0.3 is 0 Å². The van der Waals surface area contributed by atoms with Crippen molar-refractivity contribution in [1.29, 1.82) is 0 Å². The third-order valence-electron chi connectivity index (χ3n) is 3.04. The lowest BCUT2D eigenvalue weighted by Crippen LogP contribution is -2.23. The first-order chi connectivity index (χ1) is 10.4. The van der Waals surface area contributed by atoms with E-state index >= 15 is 0 Å². The van der Waals surface area contributed by atoms with E-state index in [2.05, 4.69) is 21.2 Å². The topological polar surface area (TPSA) is 72.2 Å². The maximum absolute atomic E-state index is 13.2. The molecule has 1 N–H and O–H groups in total. The number of carbonyl (C=O) groups is 1. The second-order valence-electron chi connectivity index (χ2n) is 4.72. The molecule has 0 atom stereocenters. The number of carbonyl (C=O) groups excluding carboxylic acids is 1. The van der Waals surface area contributed by atoms with Gasteiger partial charge in [-0.25, -0.2) is 4.39 Å². The van der Waals surface area contributed by atoms with Crippen molar-refractivity contribution < 1.29 is 14.1 Å². The number of amides is 1. The zero-order chi connectivity index (χ0) is 16.3. The minimum Gasteiger partial charge on any atom is -0.348 e. The van der Waals surface area contributed by atoms with E-state index in [1.807, 2.05) is 0 Å². The first-order valence-electron chi connectivity index (χ1n) is 6.35. The fourth-order valence-corrected chi connectivity index (χ4v) is 2.46. The number of nitro benzene ring substituents is 1. The van der Waals surface area contributed by atoms with Gasteiger partial charge in [-0.2, -0.15) is 0 Å². The highest BCUT2D eigenvalue weighted by Gasteiger charge is 2.14. The Bertz CT molecular complexity index is 729. The van der Waals surface area contributed by atoms with Crippen molar-refractivity contribution in [3.05, 3.63) is 73.5 Å². The van der Waals surface area contributed by atoms with Crippen LogP contribution in [0.2, 0.25) is 0 Å². The predicted octanol–water partition coefficient (Wildman–Crippen LogP) is 3.73. The molecule has 0 aliphatic carbocycles. The van der Waals surface area contributed by atoms with Crippen LogP contribution in [0, 0.1) is 22.9 Å². The van der Waals surface area contributed by atoms with Crippen molar-refractivity contribution >= 4 is 27.5 Å². The first-order valence-corrected chi connectivity index (χ1v) is 7.14. The van der Waals surface area contributed by atoms with Gasteiger partial charge in [0.25, 0.3) is 11.6 Å². The van der Waals surface area contributed by atoms with Gasteiger partial charge in [0, 0.05) is 28.2 Å². The number of rotatable bonds is 4. The number of hydrogen-bond acceptors (Lipinski definition) is 3. The number of aryl methyl sites for hydroxylation is 1. The van der Waals surface area contributed by atoms with E-state index in [4.69, 9.17) is 0 Å². The fourth-order valence-electron chi connectivity index (χ4n) is 1.94. The van der Waals surface area contributed by atoms with E-state index < -0.39 is 16.6 Å². The zero-order valence-corrected chi connectivity index (χ0v) is 13.2. The average molecular weight is 367 g/mol. The molecule has 5 nitrogen and oxygen atoms in total. The maximum Gasteiger partial charge on any atom is 0.273 e. The van der Waals surface area contributed by atoms with E-state index in [9.17, 15) is 19.3 Å². The highest BCUT2D eigenvalue weighted by Crippen LogP contribution is 2.19. The maximum atomic E-state index is 13.2. The van der Waals surface area contributed by atoms with Crippen LogP contribution < -0.4 is 5.32 Å². The molecule has 7 heteroatoms. The van der Waals surface area contributed by atoms with Crippen LogP contribution in [-0.4, -0.2) is 10.8 Å². The molecule has 0 saturated carbocycles. The highest BCUT2D eigenvalue weighted by molar-refractivity contribution is 9.10. The third kappa shape index (κ3) is 3.88. The second-order valence-corrected chi connectivity index (χ2v) is 5.63. The van der Waals surface area contributed by atoms with Crippen LogP contribution in [0.1, 0.15) is 21.5 Å². The van der Waals surface area contributed by atoms with E-state index in [-0.39, 0.29) is 17.8 Å². The summed E-state index contributed by atoms with van der Waals surface area (Å²) in [4.78, 5) is 22.4. The van der Waals surface area contributed by atoms with Crippen molar-refractivity contribution in [2.24, 2.45) is 0 Å². The largest absolute Gasteiger partial charge is 0.348 e. The quantitative estimate of drug-likeness (QED) is 0.661. The summed E-state index contributed by atoms with van der Waals surface area (Å²) in [6, 6.07) is 8.56. The van der Waals surface area contributed by atoms with Crippen molar-refractivity contribution in [1.82, 2.24) is 5.32 Å². The summed E-state index contributed by atoms with van der Waals surface area (Å²) >= 11 is 3.17. The van der Waals surface area contributed by atoms with Gasteiger partial charge < -0.3 is 5.32 Å². The molecule has 0 spiro atoms. The summed E-state index contributed by atoms with van der Waals surface area (Å²) < 4.78 is 13.8. The van der Waals surface area contributed by atoms with Gasteiger partial charge in [-0.05, 0) is 36.8 Å². The number of nitro groups is 1. The van der Waals surface area contributed by atoms with E-state index in [0.717, 1.165) is 0 Å². The van der Waals surface area contributed by atoms with E-state index in [1.165, 1.54) is 30.3 Å². The van der Waals surface area contributed by atoms with Gasteiger partial charge in [-0.15, -0.1) is 0 Å². The van der Waals surface area contributed by atoms with Gasteiger partial charge in [0.2, 0.25) is 0 Å². The van der Waals surface area contributed by atoms with E-state index in [0.29, 0.717) is 15.6 Å². The first kappa shape index (κ1) is 16.1. The SMILES string of the molecule is Cc1ccc(C(=O)NCc2cc(F)cc(Br)c2)cc1[N+](=O)[O-]. The normalized spacial score (nSPS) is 10.3. The Morgan fingerprint density at radius 2 is 2.05 bits per heavy atom. The van der Waals surface area contributed by atoms with Gasteiger partial charge in [0.05, 0.1) is 4.92 Å². The zero-order valence-electron chi connectivity index (χ0n) is 11.6. The third-order valence-corrected chi connectivity index (χ3v) is 3.50. The Hall–Kier alpha value is -2.28. The molecule has 0 unspecified atom stereocenters. The molecule has 0 saturated heterocycles. The average Bonchev–Trinajstić information content (AvgIpc) is 2.44. The Kier molecular flexibility index (Phi) is 4.87.